The number of hydrogen-bond donors (Lipinski definition) is 2. The third kappa shape index (κ3) is 7.80. The molecule has 0 aliphatic heterocycles. The van der Waals surface area contributed by atoms with Gasteiger partial charge in [0.25, 0.3) is 0 Å². The van der Waals surface area contributed by atoms with Gasteiger partial charge in [-0.3, -0.25) is 4.79 Å². The molecule has 3 heteroatoms. The molecule has 3 nitrogen and oxygen atoms in total. The van der Waals surface area contributed by atoms with Crippen molar-refractivity contribution in [2.24, 2.45) is 0 Å². The highest BCUT2D eigenvalue weighted by molar-refractivity contribution is 5.78. The summed E-state index contributed by atoms with van der Waals surface area (Å²) in [5.41, 5.74) is 0. The van der Waals surface area contributed by atoms with E-state index >= 15 is 0 Å². The van der Waals surface area contributed by atoms with Crippen molar-refractivity contribution in [1.29, 1.82) is 0 Å². The van der Waals surface area contributed by atoms with Crippen LogP contribution in [0.3, 0.4) is 0 Å². The van der Waals surface area contributed by atoms with Gasteiger partial charge in [-0.15, -0.1) is 6.58 Å². The maximum atomic E-state index is 11.2. The molecular formula is C11H22N2O. The molecule has 0 rings (SSSR count). The second-order valence-corrected chi connectivity index (χ2v) is 3.52. The predicted molar refractivity (Wildman–Crippen MR) is 60.2 cm³/mol. The Morgan fingerprint density at radius 3 is 2.86 bits per heavy atom. The zero-order chi connectivity index (χ0) is 10.8. The topological polar surface area (TPSA) is 41.1 Å². The molecule has 0 fully saturated rings. The van der Waals surface area contributed by atoms with E-state index in [1.807, 2.05) is 0 Å². The number of hydrogen-bond acceptors (Lipinski definition) is 2. The van der Waals surface area contributed by atoms with Crippen molar-refractivity contribution in [3.05, 3.63) is 12.7 Å². The van der Waals surface area contributed by atoms with Gasteiger partial charge in [0.15, 0.2) is 0 Å². The number of amides is 1. The van der Waals surface area contributed by atoms with Gasteiger partial charge in [-0.2, -0.15) is 0 Å². The third-order valence-electron chi connectivity index (χ3n) is 2.05. The Hall–Kier alpha value is -0.830. The first kappa shape index (κ1) is 13.2. The van der Waals surface area contributed by atoms with Crippen molar-refractivity contribution in [3.8, 4) is 0 Å². The molecule has 0 aliphatic rings. The molecule has 0 bridgehead atoms. The molecule has 0 heterocycles. The number of carbonyl (C=O) groups excluding carboxylic acids is 1. The summed E-state index contributed by atoms with van der Waals surface area (Å²) in [6.45, 7) is 8.76. The van der Waals surface area contributed by atoms with Crippen molar-refractivity contribution >= 4 is 5.91 Å². The van der Waals surface area contributed by atoms with E-state index in [0.29, 0.717) is 19.1 Å². The average molecular weight is 198 g/mol. The van der Waals surface area contributed by atoms with Gasteiger partial charge >= 0.3 is 0 Å². The highest BCUT2D eigenvalue weighted by Gasteiger charge is 2.03. The van der Waals surface area contributed by atoms with E-state index in [1.54, 1.807) is 6.08 Å². The molecule has 1 unspecified atom stereocenters. The summed E-state index contributed by atoms with van der Waals surface area (Å²) in [5.74, 6) is 0.0354. The number of unbranched alkanes of at least 4 members (excludes halogenated alkanes) is 1. The van der Waals surface area contributed by atoms with Crippen LogP contribution < -0.4 is 10.6 Å². The molecule has 0 radical (unpaired) electrons. The lowest BCUT2D eigenvalue weighted by Crippen LogP contribution is -2.37. The van der Waals surface area contributed by atoms with Crippen LogP contribution in [-0.2, 0) is 4.79 Å². The molecule has 0 saturated carbocycles. The SMILES string of the molecule is C=CCNC(=O)CNC(C)CCCC. The summed E-state index contributed by atoms with van der Waals surface area (Å²) in [6.07, 6.45) is 5.22. The Bertz CT molecular complexity index is 169. The minimum atomic E-state index is 0.0354. The molecule has 1 atom stereocenters. The molecule has 0 aromatic carbocycles. The largest absolute Gasteiger partial charge is 0.352 e. The van der Waals surface area contributed by atoms with Gasteiger partial charge in [-0.05, 0) is 13.3 Å². The monoisotopic (exact) mass is 198 g/mol. The van der Waals surface area contributed by atoms with Crippen LogP contribution in [0.2, 0.25) is 0 Å². The lowest BCUT2D eigenvalue weighted by molar-refractivity contribution is -0.120. The van der Waals surface area contributed by atoms with Crippen molar-refractivity contribution in [2.75, 3.05) is 13.1 Å². The maximum absolute atomic E-state index is 11.2. The fourth-order valence-electron chi connectivity index (χ4n) is 1.13. The summed E-state index contributed by atoms with van der Waals surface area (Å²) in [6, 6.07) is 0.421. The fourth-order valence-corrected chi connectivity index (χ4v) is 1.13. The van der Waals surface area contributed by atoms with E-state index in [1.165, 1.54) is 12.8 Å². The first-order valence-corrected chi connectivity index (χ1v) is 5.31. The quantitative estimate of drug-likeness (QED) is 0.580. The zero-order valence-electron chi connectivity index (χ0n) is 9.31. The predicted octanol–water partition coefficient (Wildman–Crippen LogP) is 1.46. The first-order valence-electron chi connectivity index (χ1n) is 5.31. The summed E-state index contributed by atoms with van der Waals surface area (Å²) < 4.78 is 0. The Morgan fingerprint density at radius 2 is 2.29 bits per heavy atom. The van der Waals surface area contributed by atoms with E-state index in [4.69, 9.17) is 0 Å². The lowest BCUT2D eigenvalue weighted by Gasteiger charge is -2.12. The van der Waals surface area contributed by atoms with Gasteiger partial charge < -0.3 is 10.6 Å². The third-order valence-corrected chi connectivity index (χ3v) is 2.05. The van der Waals surface area contributed by atoms with Crippen LogP contribution in [0.1, 0.15) is 33.1 Å². The zero-order valence-corrected chi connectivity index (χ0v) is 9.31. The minimum absolute atomic E-state index is 0.0354. The van der Waals surface area contributed by atoms with Crippen LogP contribution in [0, 0.1) is 0 Å². The highest BCUT2D eigenvalue weighted by atomic mass is 16.1. The molecule has 2 N–H and O–H groups in total. The van der Waals surface area contributed by atoms with Gasteiger partial charge in [-0.1, -0.05) is 25.8 Å². The van der Waals surface area contributed by atoms with Crippen molar-refractivity contribution in [1.82, 2.24) is 10.6 Å². The van der Waals surface area contributed by atoms with Gasteiger partial charge in [0.05, 0.1) is 6.54 Å². The van der Waals surface area contributed by atoms with E-state index in [9.17, 15) is 4.79 Å². The Morgan fingerprint density at radius 1 is 1.57 bits per heavy atom. The highest BCUT2D eigenvalue weighted by Crippen LogP contribution is 1.98. The molecule has 1 amide bonds. The molecule has 82 valence electrons. The number of rotatable bonds is 8. The molecule has 0 aromatic rings. The molecule has 0 saturated heterocycles. The second kappa shape index (κ2) is 8.75. The average Bonchev–Trinajstić information content (AvgIpc) is 2.20. The van der Waals surface area contributed by atoms with Crippen molar-refractivity contribution < 1.29 is 4.79 Å². The van der Waals surface area contributed by atoms with Crippen LogP contribution >= 0.6 is 0 Å². The van der Waals surface area contributed by atoms with Crippen molar-refractivity contribution in [2.45, 2.75) is 39.2 Å². The summed E-state index contributed by atoms with van der Waals surface area (Å²) in [5, 5.41) is 5.90. The molecule has 0 aromatic heterocycles. The summed E-state index contributed by atoms with van der Waals surface area (Å²) in [7, 11) is 0. The van der Waals surface area contributed by atoms with E-state index in [-0.39, 0.29) is 5.91 Å². The summed E-state index contributed by atoms with van der Waals surface area (Å²) >= 11 is 0. The maximum Gasteiger partial charge on any atom is 0.234 e. The number of carbonyl (C=O) groups is 1. The van der Waals surface area contributed by atoms with Gasteiger partial charge in [0.1, 0.15) is 0 Å². The summed E-state index contributed by atoms with van der Waals surface area (Å²) in [4.78, 5) is 11.2. The van der Waals surface area contributed by atoms with Crippen LogP contribution in [-0.4, -0.2) is 25.0 Å². The van der Waals surface area contributed by atoms with E-state index < -0.39 is 0 Å². The standard InChI is InChI=1S/C11H22N2O/c1-4-6-7-10(3)13-9-11(14)12-8-5-2/h5,10,13H,2,4,6-9H2,1,3H3,(H,12,14). The van der Waals surface area contributed by atoms with E-state index in [0.717, 1.165) is 6.42 Å². The minimum Gasteiger partial charge on any atom is -0.352 e. The second-order valence-electron chi connectivity index (χ2n) is 3.52. The van der Waals surface area contributed by atoms with Gasteiger partial charge in [0, 0.05) is 12.6 Å². The van der Waals surface area contributed by atoms with Gasteiger partial charge in [0.2, 0.25) is 5.91 Å². The lowest BCUT2D eigenvalue weighted by atomic mass is 10.1. The smallest absolute Gasteiger partial charge is 0.234 e. The van der Waals surface area contributed by atoms with E-state index in [2.05, 4.69) is 31.1 Å². The Labute approximate surface area is 87.0 Å². The molecular weight excluding hydrogens is 176 g/mol. The van der Waals surface area contributed by atoms with Crippen LogP contribution in [0.15, 0.2) is 12.7 Å². The molecule has 0 aliphatic carbocycles. The fraction of sp³-hybridized carbons (Fsp3) is 0.727. The number of nitrogens with one attached hydrogen (secondary N) is 2. The molecule has 14 heavy (non-hydrogen) atoms. The van der Waals surface area contributed by atoms with Crippen LogP contribution in [0.4, 0.5) is 0 Å². The Balaban J connectivity index is 3.40. The molecule has 0 spiro atoms. The Kier molecular flexibility index (Phi) is 8.24. The van der Waals surface area contributed by atoms with Crippen LogP contribution in [0.5, 0.6) is 0 Å². The van der Waals surface area contributed by atoms with Gasteiger partial charge in [-0.25, -0.2) is 0 Å². The van der Waals surface area contributed by atoms with Crippen molar-refractivity contribution in [3.63, 3.8) is 0 Å². The first-order chi connectivity index (χ1) is 6.70. The normalized spacial score (nSPS) is 12.1. The van der Waals surface area contributed by atoms with Crippen LogP contribution in [0.25, 0.3) is 0 Å².